The number of ether oxygens (including phenoxy) is 2. The van der Waals surface area contributed by atoms with Gasteiger partial charge in [0.1, 0.15) is 17.1 Å². The van der Waals surface area contributed by atoms with Gasteiger partial charge in [-0.1, -0.05) is 0 Å². The Kier molecular flexibility index (Phi) is 4.23. The SMILES string of the molecule is CC(C)Oc1ccc2[nH]nc(-c3cc(N4CCOCC4)cnn3)c2c1. The molecule has 130 valence electrons. The van der Waals surface area contributed by atoms with Crippen molar-refractivity contribution in [3.8, 4) is 17.1 Å². The van der Waals surface area contributed by atoms with Crippen molar-refractivity contribution in [2.45, 2.75) is 20.0 Å². The van der Waals surface area contributed by atoms with Gasteiger partial charge >= 0.3 is 0 Å². The highest BCUT2D eigenvalue weighted by Crippen LogP contribution is 2.30. The molecule has 0 saturated carbocycles. The van der Waals surface area contributed by atoms with E-state index >= 15 is 0 Å². The first-order chi connectivity index (χ1) is 12.2. The zero-order chi connectivity index (χ0) is 17.2. The van der Waals surface area contributed by atoms with Gasteiger partial charge in [0.25, 0.3) is 0 Å². The van der Waals surface area contributed by atoms with Gasteiger partial charge in [0.05, 0.1) is 36.7 Å². The molecule has 0 radical (unpaired) electrons. The second kappa shape index (κ2) is 6.68. The molecule has 0 unspecified atom stereocenters. The van der Waals surface area contributed by atoms with Gasteiger partial charge in [-0.25, -0.2) is 0 Å². The molecule has 0 spiro atoms. The molecule has 3 aromatic rings. The third-order valence-corrected chi connectivity index (χ3v) is 4.17. The van der Waals surface area contributed by atoms with Crippen LogP contribution >= 0.6 is 0 Å². The minimum Gasteiger partial charge on any atom is -0.491 e. The number of rotatable bonds is 4. The number of benzene rings is 1. The van der Waals surface area contributed by atoms with Gasteiger partial charge in [-0.2, -0.15) is 10.2 Å². The summed E-state index contributed by atoms with van der Waals surface area (Å²) in [7, 11) is 0. The fourth-order valence-corrected chi connectivity index (χ4v) is 3.00. The molecule has 0 bridgehead atoms. The molecule has 0 atom stereocenters. The van der Waals surface area contributed by atoms with E-state index in [1.165, 1.54) is 0 Å². The first-order valence-electron chi connectivity index (χ1n) is 8.51. The predicted molar refractivity (Wildman–Crippen MR) is 95.9 cm³/mol. The highest BCUT2D eigenvalue weighted by molar-refractivity contribution is 5.93. The van der Waals surface area contributed by atoms with Gasteiger partial charge in [0, 0.05) is 18.5 Å². The lowest BCUT2D eigenvalue weighted by atomic mass is 10.1. The van der Waals surface area contributed by atoms with Gasteiger partial charge in [-0.3, -0.25) is 5.10 Å². The summed E-state index contributed by atoms with van der Waals surface area (Å²) < 4.78 is 11.2. The summed E-state index contributed by atoms with van der Waals surface area (Å²) in [6.45, 7) is 7.21. The lowest BCUT2D eigenvalue weighted by molar-refractivity contribution is 0.122. The van der Waals surface area contributed by atoms with Crippen LogP contribution in [-0.4, -0.2) is 52.8 Å². The molecule has 1 N–H and O–H groups in total. The summed E-state index contributed by atoms with van der Waals surface area (Å²) in [6.07, 6.45) is 1.91. The molecule has 25 heavy (non-hydrogen) atoms. The van der Waals surface area contributed by atoms with E-state index in [0.717, 1.165) is 60.0 Å². The number of hydrogen-bond acceptors (Lipinski definition) is 6. The number of nitrogens with zero attached hydrogens (tertiary/aromatic N) is 4. The number of morpholine rings is 1. The zero-order valence-electron chi connectivity index (χ0n) is 14.4. The summed E-state index contributed by atoms with van der Waals surface area (Å²) in [5.41, 5.74) is 3.52. The van der Waals surface area contributed by atoms with Crippen molar-refractivity contribution in [1.29, 1.82) is 0 Å². The first-order valence-corrected chi connectivity index (χ1v) is 8.51. The first kappa shape index (κ1) is 15.8. The van der Waals surface area contributed by atoms with Crippen LogP contribution in [0.1, 0.15) is 13.8 Å². The summed E-state index contributed by atoms with van der Waals surface area (Å²) in [5, 5.41) is 16.9. The van der Waals surface area contributed by atoms with Crippen LogP contribution in [0.25, 0.3) is 22.3 Å². The molecule has 1 aliphatic heterocycles. The largest absolute Gasteiger partial charge is 0.491 e. The fraction of sp³-hybridized carbons (Fsp3) is 0.389. The van der Waals surface area contributed by atoms with Crippen molar-refractivity contribution >= 4 is 16.6 Å². The Bertz CT molecular complexity index is 871. The number of H-pyrrole nitrogens is 1. The standard InChI is InChI=1S/C18H21N5O2/c1-12(2)25-14-3-4-16-15(10-14)18(22-21-16)17-9-13(11-19-20-17)23-5-7-24-8-6-23/h3-4,9-12H,5-8H2,1-2H3,(H,21,22). The van der Waals surface area contributed by atoms with Crippen molar-refractivity contribution in [2.75, 3.05) is 31.2 Å². The van der Waals surface area contributed by atoms with E-state index in [0.29, 0.717) is 0 Å². The summed E-state index contributed by atoms with van der Waals surface area (Å²) in [6, 6.07) is 7.95. The molecule has 0 aliphatic carbocycles. The topological polar surface area (TPSA) is 76.2 Å². The third kappa shape index (κ3) is 3.28. The van der Waals surface area contributed by atoms with Crippen molar-refractivity contribution in [1.82, 2.24) is 20.4 Å². The Morgan fingerprint density at radius 2 is 2.04 bits per heavy atom. The molecule has 1 saturated heterocycles. The van der Waals surface area contributed by atoms with Crippen LogP contribution in [0.4, 0.5) is 5.69 Å². The molecule has 7 heteroatoms. The summed E-state index contributed by atoms with van der Waals surface area (Å²) >= 11 is 0. The average molecular weight is 339 g/mol. The highest BCUT2D eigenvalue weighted by Gasteiger charge is 2.16. The normalized spacial score (nSPS) is 15.1. The molecule has 0 amide bonds. The van der Waals surface area contributed by atoms with Gasteiger partial charge in [0.2, 0.25) is 0 Å². The maximum atomic E-state index is 5.80. The van der Waals surface area contributed by atoms with Crippen LogP contribution in [0.5, 0.6) is 5.75 Å². The Balaban J connectivity index is 1.71. The third-order valence-electron chi connectivity index (χ3n) is 4.17. The molecule has 1 aromatic carbocycles. The van der Waals surface area contributed by atoms with E-state index in [2.05, 4.69) is 25.3 Å². The number of nitrogens with one attached hydrogen (secondary N) is 1. The molecular weight excluding hydrogens is 318 g/mol. The number of hydrogen-bond donors (Lipinski definition) is 1. The number of aromatic nitrogens is 4. The van der Waals surface area contributed by atoms with E-state index < -0.39 is 0 Å². The summed E-state index contributed by atoms with van der Waals surface area (Å²) in [4.78, 5) is 2.25. The minimum absolute atomic E-state index is 0.122. The minimum atomic E-state index is 0.122. The Morgan fingerprint density at radius 3 is 2.84 bits per heavy atom. The second-order valence-electron chi connectivity index (χ2n) is 6.34. The average Bonchev–Trinajstić information content (AvgIpc) is 3.05. The molecule has 3 heterocycles. The molecule has 1 aliphatic rings. The molecule has 1 fully saturated rings. The van der Waals surface area contributed by atoms with Crippen molar-refractivity contribution in [2.24, 2.45) is 0 Å². The number of aromatic amines is 1. The summed E-state index contributed by atoms with van der Waals surface area (Å²) in [5.74, 6) is 0.822. The maximum Gasteiger partial charge on any atom is 0.120 e. The van der Waals surface area contributed by atoms with Crippen molar-refractivity contribution in [3.05, 3.63) is 30.5 Å². The lowest BCUT2D eigenvalue weighted by Gasteiger charge is -2.28. The maximum absolute atomic E-state index is 5.80. The van der Waals surface area contributed by atoms with Crippen LogP contribution in [-0.2, 0) is 4.74 Å². The highest BCUT2D eigenvalue weighted by atomic mass is 16.5. The van der Waals surface area contributed by atoms with E-state index in [1.54, 1.807) is 6.20 Å². The van der Waals surface area contributed by atoms with Crippen LogP contribution in [0, 0.1) is 0 Å². The van der Waals surface area contributed by atoms with E-state index in [-0.39, 0.29) is 6.10 Å². The lowest BCUT2D eigenvalue weighted by Crippen LogP contribution is -2.36. The Morgan fingerprint density at radius 1 is 1.20 bits per heavy atom. The van der Waals surface area contributed by atoms with E-state index in [9.17, 15) is 0 Å². The van der Waals surface area contributed by atoms with Gasteiger partial charge in [-0.15, -0.1) is 5.10 Å². The quantitative estimate of drug-likeness (QED) is 0.787. The fourth-order valence-electron chi connectivity index (χ4n) is 3.00. The molecule has 7 nitrogen and oxygen atoms in total. The Labute approximate surface area is 146 Å². The van der Waals surface area contributed by atoms with Gasteiger partial charge < -0.3 is 14.4 Å². The van der Waals surface area contributed by atoms with Crippen LogP contribution in [0.2, 0.25) is 0 Å². The second-order valence-corrected chi connectivity index (χ2v) is 6.34. The zero-order valence-corrected chi connectivity index (χ0v) is 14.4. The van der Waals surface area contributed by atoms with E-state index in [1.807, 2.05) is 38.1 Å². The molecule has 4 rings (SSSR count). The monoisotopic (exact) mass is 339 g/mol. The van der Waals surface area contributed by atoms with Crippen LogP contribution in [0.3, 0.4) is 0 Å². The molecular formula is C18H21N5O2. The van der Waals surface area contributed by atoms with Crippen LogP contribution in [0.15, 0.2) is 30.5 Å². The number of fused-ring (bicyclic) bond motifs is 1. The van der Waals surface area contributed by atoms with Crippen LogP contribution < -0.4 is 9.64 Å². The van der Waals surface area contributed by atoms with Gasteiger partial charge in [-0.05, 0) is 38.1 Å². The predicted octanol–water partition coefficient (Wildman–Crippen LogP) is 2.64. The Hall–Kier alpha value is -2.67. The van der Waals surface area contributed by atoms with Gasteiger partial charge in [0.15, 0.2) is 0 Å². The van der Waals surface area contributed by atoms with Crippen molar-refractivity contribution in [3.63, 3.8) is 0 Å². The number of anilines is 1. The smallest absolute Gasteiger partial charge is 0.120 e. The van der Waals surface area contributed by atoms with E-state index in [4.69, 9.17) is 9.47 Å². The molecule has 2 aromatic heterocycles. The van der Waals surface area contributed by atoms with Crippen molar-refractivity contribution < 1.29 is 9.47 Å².